The van der Waals surface area contributed by atoms with Gasteiger partial charge in [0.25, 0.3) is 0 Å². The summed E-state index contributed by atoms with van der Waals surface area (Å²) in [6, 6.07) is 1.23. The summed E-state index contributed by atoms with van der Waals surface area (Å²) in [5, 5.41) is 3.34. The SMILES string of the molecule is CNCC1CN(C)CCC(C)(C)N1C(C)C. The maximum absolute atomic E-state index is 3.34. The first-order valence-corrected chi connectivity index (χ1v) is 6.50. The Morgan fingerprint density at radius 1 is 1.38 bits per heavy atom. The molecule has 1 fully saturated rings. The van der Waals surface area contributed by atoms with Crippen molar-refractivity contribution in [1.29, 1.82) is 0 Å². The highest BCUT2D eigenvalue weighted by Crippen LogP contribution is 2.27. The van der Waals surface area contributed by atoms with Crippen LogP contribution >= 0.6 is 0 Å². The molecule has 0 radical (unpaired) electrons. The highest BCUT2D eigenvalue weighted by molar-refractivity contribution is 4.94. The van der Waals surface area contributed by atoms with Crippen molar-refractivity contribution in [2.24, 2.45) is 0 Å². The van der Waals surface area contributed by atoms with Gasteiger partial charge in [-0.3, -0.25) is 4.90 Å². The fourth-order valence-electron chi connectivity index (χ4n) is 3.15. The van der Waals surface area contributed by atoms with Crippen LogP contribution in [0.2, 0.25) is 0 Å². The van der Waals surface area contributed by atoms with Crippen LogP contribution in [0.4, 0.5) is 0 Å². The van der Waals surface area contributed by atoms with Crippen LogP contribution in [0.25, 0.3) is 0 Å². The maximum atomic E-state index is 3.34. The predicted octanol–water partition coefficient (Wildman–Crippen LogP) is 1.40. The summed E-state index contributed by atoms with van der Waals surface area (Å²) in [6.07, 6.45) is 1.25. The molecule has 1 saturated heterocycles. The molecule has 1 heterocycles. The Morgan fingerprint density at radius 2 is 2.00 bits per heavy atom. The lowest BCUT2D eigenvalue weighted by molar-refractivity contribution is 0.0433. The van der Waals surface area contributed by atoms with E-state index in [0.29, 0.717) is 17.6 Å². The first-order valence-electron chi connectivity index (χ1n) is 6.50. The lowest BCUT2D eigenvalue weighted by Crippen LogP contribution is -2.56. The predicted molar refractivity (Wildman–Crippen MR) is 70.9 cm³/mol. The molecule has 0 spiro atoms. The minimum Gasteiger partial charge on any atom is -0.318 e. The summed E-state index contributed by atoms with van der Waals surface area (Å²) < 4.78 is 0. The van der Waals surface area contributed by atoms with Crippen molar-refractivity contribution in [2.75, 3.05) is 33.7 Å². The summed E-state index contributed by atoms with van der Waals surface area (Å²) in [5.74, 6) is 0. The summed E-state index contributed by atoms with van der Waals surface area (Å²) in [6.45, 7) is 12.8. The van der Waals surface area contributed by atoms with E-state index in [1.54, 1.807) is 0 Å². The van der Waals surface area contributed by atoms with Crippen LogP contribution in [0, 0.1) is 0 Å². The molecule has 0 aromatic carbocycles. The highest BCUT2D eigenvalue weighted by Gasteiger charge is 2.37. The minimum atomic E-state index is 0.306. The number of nitrogens with one attached hydrogen (secondary N) is 1. The van der Waals surface area contributed by atoms with E-state index in [4.69, 9.17) is 0 Å². The molecule has 0 bridgehead atoms. The Kier molecular flexibility index (Phi) is 4.77. The molecule has 1 N–H and O–H groups in total. The minimum absolute atomic E-state index is 0.306. The van der Waals surface area contributed by atoms with Gasteiger partial charge in [0.15, 0.2) is 0 Å². The summed E-state index contributed by atoms with van der Waals surface area (Å²) in [5.41, 5.74) is 0.306. The van der Waals surface area contributed by atoms with Gasteiger partial charge in [-0.1, -0.05) is 0 Å². The molecule has 0 saturated carbocycles. The zero-order valence-corrected chi connectivity index (χ0v) is 11.9. The number of hydrogen-bond donors (Lipinski definition) is 1. The fourth-order valence-corrected chi connectivity index (χ4v) is 3.15. The van der Waals surface area contributed by atoms with E-state index < -0.39 is 0 Å². The van der Waals surface area contributed by atoms with Gasteiger partial charge in [0.2, 0.25) is 0 Å². The van der Waals surface area contributed by atoms with Gasteiger partial charge in [0.1, 0.15) is 0 Å². The molecule has 3 heteroatoms. The molecule has 16 heavy (non-hydrogen) atoms. The van der Waals surface area contributed by atoms with Gasteiger partial charge in [0, 0.05) is 30.7 Å². The maximum Gasteiger partial charge on any atom is 0.0355 e. The monoisotopic (exact) mass is 227 g/mol. The van der Waals surface area contributed by atoms with Crippen molar-refractivity contribution >= 4 is 0 Å². The number of hydrogen-bond acceptors (Lipinski definition) is 3. The Balaban J connectivity index is 2.89. The van der Waals surface area contributed by atoms with Crippen molar-refractivity contribution in [3.05, 3.63) is 0 Å². The largest absolute Gasteiger partial charge is 0.318 e. The van der Waals surface area contributed by atoms with Crippen molar-refractivity contribution in [3.63, 3.8) is 0 Å². The van der Waals surface area contributed by atoms with E-state index in [9.17, 15) is 0 Å². The standard InChI is InChI=1S/C13H29N3/c1-11(2)16-12(9-14-5)10-15(6)8-7-13(16,3)4/h11-12,14H,7-10H2,1-6H3. The lowest BCUT2D eigenvalue weighted by Gasteiger charge is -2.45. The second-order valence-corrected chi connectivity index (χ2v) is 6.04. The summed E-state index contributed by atoms with van der Waals surface area (Å²) in [7, 11) is 4.29. The molecule has 0 amide bonds. The second kappa shape index (κ2) is 5.48. The smallest absolute Gasteiger partial charge is 0.0355 e. The normalized spacial score (nSPS) is 28.3. The fraction of sp³-hybridized carbons (Fsp3) is 1.00. The Hall–Kier alpha value is -0.120. The van der Waals surface area contributed by atoms with Crippen LogP contribution in [-0.2, 0) is 0 Å². The molecule has 3 nitrogen and oxygen atoms in total. The molecule has 1 rings (SSSR count). The van der Waals surface area contributed by atoms with E-state index in [1.165, 1.54) is 19.5 Å². The Labute approximate surface area is 101 Å². The van der Waals surface area contributed by atoms with Gasteiger partial charge < -0.3 is 10.2 Å². The molecule has 1 unspecified atom stereocenters. The second-order valence-electron chi connectivity index (χ2n) is 6.04. The van der Waals surface area contributed by atoms with Gasteiger partial charge in [-0.15, -0.1) is 0 Å². The topological polar surface area (TPSA) is 18.5 Å². The van der Waals surface area contributed by atoms with Gasteiger partial charge >= 0.3 is 0 Å². The number of likely N-dealkylation sites (N-methyl/N-ethyl adjacent to an activating group) is 2. The third-order valence-electron chi connectivity index (χ3n) is 3.72. The van der Waals surface area contributed by atoms with Crippen molar-refractivity contribution < 1.29 is 0 Å². The molecule has 96 valence electrons. The quantitative estimate of drug-likeness (QED) is 0.786. The molecule has 1 aliphatic heterocycles. The van der Waals surface area contributed by atoms with E-state index in [0.717, 1.165) is 6.54 Å². The number of rotatable bonds is 3. The van der Waals surface area contributed by atoms with E-state index in [1.807, 2.05) is 0 Å². The van der Waals surface area contributed by atoms with E-state index in [-0.39, 0.29) is 0 Å². The van der Waals surface area contributed by atoms with E-state index in [2.05, 4.69) is 56.9 Å². The molecule has 0 aromatic heterocycles. The van der Waals surface area contributed by atoms with Crippen LogP contribution in [0.1, 0.15) is 34.1 Å². The number of nitrogens with zero attached hydrogens (tertiary/aromatic N) is 2. The third kappa shape index (κ3) is 3.19. The van der Waals surface area contributed by atoms with Gasteiger partial charge in [-0.25, -0.2) is 0 Å². The first kappa shape index (κ1) is 13.9. The average molecular weight is 227 g/mol. The molecule has 1 aliphatic rings. The molecule has 0 aliphatic carbocycles. The Morgan fingerprint density at radius 3 is 2.50 bits per heavy atom. The van der Waals surface area contributed by atoms with Gasteiger partial charge in [-0.2, -0.15) is 0 Å². The summed E-state index contributed by atoms with van der Waals surface area (Å²) in [4.78, 5) is 5.15. The molecular weight excluding hydrogens is 198 g/mol. The van der Waals surface area contributed by atoms with Crippen molar-refractivity contribution in [1.82, 2.24) is 15.1 Å². The summed E-state index contributed by atoms with van der Waals surface area (Å²) >= 11 is 0. The zero-order chi connectivity index (χ0) is 12.3. The van der Waals surface area contributed by atoms with Crippen LogP contribution < -0.4 is 5.32 Å². The first-order chi connectivity index (χ1) is 7.38. The highest BCUT2D eigenvalue weighted by atomic mass is 15.3. The van der Waals surface area contributed by atoms with Gasteiger partial charge in [0.05, 0.1) is 0 Å². The Bertz CT molecular complexity index is 213. The van der Waals surface area contributed by atoms with Crippen LogP contribution in [0.5, 0.6) is 0 Å². The van der Waals surface area contributed by atoms with Crippen molar-refractivity contribution in [2.45, 2.75) is 51.7 Å². The van der Waals surface area contributed by atoms with Crippen LogP contribution in [-0.4, -0.2) is 61.2 Å². The lowest BCUT2D eigenvalue weighted by atomic mass is 9.95. The zero-order valence-electron chi connectivity index (χ0n) is 11.9. The third-order valence-corrected chi connectivity index (χ3v) is 3.72. The van der Waals surface area contributed by atoms with E-state index >= 15 is 0 Å². The van der Waals surface area contributed by atoms with Crippen LogP contribution in [0.3, 0.4) is 0 Å². The molecular formula is C13H29N3. The van der Waals surface area contributed by atoms with Crippen molar-refractivity contribution in [3.8, 4) is 0 Å². The molecule has 0 aromatic rings. The molecule has 1 atom stereocenters. The van der Waals surface area contributed by atoms with Gasteiger partial charge in [-0.05, 0) is 54.8 Å². The average Bonchev–Trinajstić information content (AvgIpc) is 2.24. The van der Waals surface area contributed by atoms with Crippen LogP contribution in [0.15, 0.2) is 0 Å².